The van der Waals surface area contributed by atoms with Gasteiger partial charge < -0.3 is 0 Å². The molecular weight excluding hydrogens is 198 g/mol. The van der Waals surface area contributed by atoms with E-state index in [9.17, 15) is 0 Å². The van der Waals surface area contributed by atoms with Crippen molar-refractivity contribution in [2.45, 2.75) is 36.8 Å². The van der Waals surface area contributed by atoms with E-state index in [0.29, 0.717) is 4.08 Å². The lowest BCUT2D eigenvalue weighted by atomic mass is 10.3. The maximum absolute atomic E-state index is 2.63. The molecule has 0 amide bonds. The summed E-state index contributed by atoms with van der Waals surface area (Å²) in [7, 11) is 0. The summed E-state index contributed by atoms with van der Waals surface area (Å²) in [4.78, 5) is 2.63. The highest BCUT2D eigenvalue weighted by Crippen LogP contribution is 2.48. The second kappa shape index (κ2) is 4.03. The number of thioether (sulfide) groups is 2. The quantitative estimate of drug-likeness (QED) is 0.665. The van der Waals surface area contributed by atoms with Crippen LogP contribution in [0, 0.1) is 0 Å². The van der Waals surface area contributed by atoms with Gasteiger partial charge in [-0.1, -0.05) is 0 Å². The maximum atomic E-state index is 2.63. The molecular formula is C10H19NS2. The molecule has 2 heterocycles. The van der Waals surface area contributed by atoms with Gasteiger partial charge in [0, 0.05) is 19.1 Å². The first-order valence-corrected chi connectivity index (χ1v) is 7.21. The third-order valence-electron chi connectivity index (χ3n) is 2.97. The summed E-state index contributed by atoms with van der Waals surface area (Å²) in [6.07, 6.45) is 2.82. The van der Waals surface area contributed by atoms with Crippen LogP contribution in [0.5, 0.6) is 0 Å². The van der Waals surface area contributed by atoms with Crippen LogP contribution in [0.2, 0.25) is 0 Å². The van der Waals surface area contributed by atoms with E-state index >= 15 is 0 Å². The van der Waals surface area contributed by atoms with E-state index in [1.807, 2.05) is 0 Å². The fraction of sp³-hybridized carbons (Fsp3) is 1.00. The summed E-state index contributed by atoms with van der Waals surface area (Å²) < 4.78 is 0.586. The number of rotatable bonds is 1. The molecule has 2 aliphatic rings. The molecule has 0 aromatic carbocycles. The lowest BCUT2D eigenvalue weighted by molar-refractivity contribution is 0.275. The van der Waals surface area contributed by atoms with Gasteiger partial charge in [0.05, 0.1) is 4.08 Å². The third kappa shape index (κ3) is 2.18. The van der Waals surface area contributed by atoms with Crippen molar-refractivity contribution >= 4 is 23.5 Å². The third-order valence-corrected chi connectivity index (χ3v) is 6.38. The standard InChI is InChI=1S/C10H19NS2/c1-9(2)11-5-4-10(8-11)12-6-3-7-13-10/h9H,3-8H2,1-2H3. The van der Waals surface area contributed by atoms with E-state index in [2.05, 4.69) is 42.3 Å². The van der Waals surface area contributed by atoms with Gasteiger partial charge in [0.15, 0.2) is 0 Å². The molecule has 0 bridgehead atoms. The molecule has 0 atom stereocenters. The molecule has 2 aliphatic heterocycles. The summed E-state index contributed by atoms with van der Waals surface area (Å²) in [5.41, 5.74) is 0. The molecule has 0 aromatic rings. The zero-order valence-electron chi connectivity index (χ0n) is 8.58. The van der Waals surface area contributed by atoms with E-state index < -0.39 is 0 Å². The minimum atomic E-state index is 0.586. The average molecular weight is 217 g/mol. The Balaban J connectivity index is 1.94. The molecule has 2 fully saturated rings. The number of nitrogens with zero attached hydrogens (tertiary/aromatic N) is 1. The van der Waals surface area contributed by atoms with Crippen LogP contribution >= 0.6 is 23.5 Å². The molecule has 0 N–H and O–H groups in total. The van der Waals surface area contributed by atoms with E-state index in [-0.39, 0.29) is 0 Å². The SMILES string of the molecule is CC(C)N1CCC2(C1)SCCCS2. The molecule has 76 valence electrons. The molecule has 2 saturated heterocycles. The molecule has 0 aliphatic carbocycles. The van der Waals surface area contributed by atoms with E-state index in [4.69, 9.17) is 0 Å². The first kappa shape index (κ1) is 10.2. The molecule has 2 rings (SSSR count). The predicted molar refractivity (Wildman–Crippen MR) is 63.6 cm³/mol. The Morgan fingerprint density at radius 1 is 1.23 bits per heavy atom. The Kier molecular flexibility index (Phi) is 3.16. The van der Waals surface area contributed by atoms with Crippen LogP contribution in [0.1, 0.15) is 26.7 Å². The number of hydrogen-bond donors (Lipinski definition) is 0. The number of likely N-dealkylation sites (tertiary alicyclic amines) is 1. The Morgan fingerprint density at radius 2 is 1.92 bits per heavy atom. The van der Waals surface area contributed by atoms with Crippen molar-refractivity contribution in [3.8, 4) is 0 Å². The van der Waals surface area contributed by atoms with Gasteiger partial charge in [-0.25, -0.2) is 0 Å². The van der Waals surface area contributed by atoms with Crippen LogP contribution in [0.3, 0.4) is 0 Å². The molecule has 0 saturated carbocycles. The molecule has 0 unspecified atom stereocenters. The van der Waals surface area contributed by atoms with Crippen molar-refractivity contribution < 1.29 is 0 Å². The van der Waals surface area contributed by atoms with Crippen molar-refractivity contribution in [2.24, 2.45) is 0 Å². The molecule has 0 radical (unpaired) electrons. The minimum Gasteiger partial charge on any atom is -0.299 e. The van der Waals surface area contributed by atoms with Crippen molar-refractivity contribution in [3.05, 3.63) is 0 Å². The first-order chi connectivity index (χ1) is 6.22. The highest BCUT2D eigenvalue weighted by molar-refractivity contribution is 8.18. The highest BCUT2D eigenvalue weighted by Gasteiger charge is 2.40. The average Bonchev–Trinajstić information content (AvgIpc) is 2.51. The van der Waals surface area contributed by atoms with Crippen LogP contribution in [0.4, 0.5) is 0 Å². The summed E-state index contributed by atoms with van der Waals surface area (Å²) in [5, 5.41) is 0. The van der Waals surface area contributed by atoms with Crippen molar-refractivity contribution in [1.82, 2.24) is 4.90 Å². The zero-order chi connectivity index (χ0) is 9.31. The highest BCUT2D eigenvalue weighted by atomic mass is 32.2. The monoisotopic (exact) mass is 217 g/mol. The van der Waals surface area contributed by atoms with Gasteiger partial charge >= 0.3 is 0 Å². The first-order valence-electron chi connectivity index (χ1n) is 5.24. The minimum absolute atomic E-state index is 0.586. The zero-order valence-corrected chi connectivity index (χ0v) is 10.2. The lowest BCUT2D eigenvalue weighted by Gasteiger charge is -2.32. The van der Waals surface area contributed by atoms with E-state index in [1.54, 1.807) is 0 Å². The van der Waals surface area contributed by atoms with E-state index in [0.717, 1.165) is 6.04 Å². The van der Waals surface area contributed by atoms with Gasteiger partial charge in [-0.05, 0) is 38.2 Å². The van der Waals surface area contributed by atoms with Crippen LogP contribution in [0.15, 0.2) is 0 Å². The van der Waals surface area contributed by atoms with Gasteiger partial charge in [-0.3, -0.25) is 4.90 Å². The molecule has 13 heavy (non-hydrogen) atoms. The topological polar surface area (TPSA) is 3.24 Å². The summed E-state index contributed by atoms with van der Waals surface area (Å²) in [6, 6.07) is 0.738. The molecule has 3 heteroatoms. The normalized spacial score (nSPS) is 28.8. The van der Waals surface area contributed by atoms with Crippen LogP contribution in [-0.4, -0.2) is 39.6 Å². The largest absolute Gasteiger partial charge is 0.299 e. The lowest BCUT2D eigenvalue weighted by Crippen LogP contribution is -2.33. The molecule has 1 nitrogen and oxygen atoms in total. The van der Waals surface area contributed by atoms with Gasteiger partial charge in [0.1, 0.15) is 0 Å². The van der Waals surface area contributed by atoms with Crippen molar-refractivity contribution in [3.63, 3.8) is 0 Å². The molecule has 1 spiro atoms. The fourth-order valence-corrected chi connectivity index (χ4v) is 5.40. The smallest absolute Gasteiger partial charge is 0.0749 e. The summed E-state index contributed by atoms with van der Waals surface area (Å²) in [6.45, 7) is 7.27. The second-order valence-electron chi connectivity index (χ2n) is 4.28. The Hall–Kier alpha value is 0.660. The van der Waals surface area contributed by atoms with Gasteiger partial charge in [0.2, 0.25) is 0 Å². The molecule has 0 aromatic heterocycles. The summed E-state index contributed by atoms with van der Waals surface area (Å²) in [5.74, 6) is 2.78. The summed E-state index contributed by atoms with van der Waals surface area (Å²) >= 11 is 4.43. The number of hydrogen-bond acceptors (Lipinski definition) is 3. The maximum Gasteiger partial charge on any atom is 0.0749 e. The van der Waals surface area contributed by atoms with Crippen molar-refractivity contribution in [2.75, 3.05) is 24.6 Å². The fourth-order valence-electron chi connectivity index (χ4n) is 2.07. The van der Waals surface area contributed by atoms with Gasteiger partial charge in [-0.2, -0.15) is 0 Å². The van der Waals surface area contributed by atoms with Crippen LogP contribution in [0.25, 0.3) is 0 Å². The van der Waals surface area contributed by atoms with Gasteiger partial charge in [0.25, 0.3) is 0 Å². The Bertz CT molecular complexity index is 176. The van der Waals surface area contributed by atoms with E-state index in [1.165, 1.54) is 37.4 Å². The Labute approximate surface area is 90.0 Å². The Morgan fingerprint density at radius 3 is 2.46 bits per heavy atom. The van der Waals surface area contributed by atoms with Crippen LogP contribution in [-0.2, 0) is 0 Å². The van der Waals surface area contributed by atoms with Crippen molar-refractivity contribution in [1.29, 1.82) is 0 Å². The van der Waals surface area contributed by atoms with Gasteiger partial charge in [-0.15, -0.1) is 23.5 Å². The predicted octanol–water partition coefficient (Wildman–Crippen LogP) is 2.67. The second-order valence-corrected chi connectivity index (χ2v) is 7.49. The van der Waals surface area contributed by atoms with Crippen LogP contribution < -0.4 is 0 Å².